The lowest BCUT2D eigenvalue weighted by Crippen LogP contribution is -2.21. The van der Waals surface area contributed by atoms with Crippen LogP contribution < -0.4 is 4.74 Å². The van der Waals surface area contributed by atoms with Gasteiger partial charge in [-0.1, -0.05) is 15.9 Å². The predicted molar refractivity (Wildman–Crippen MR) is 78.9 cm³/mol. The number of hydrogen-bond acceptors (Lipinski definition) is 4. The van der Waals surface area contributed by atoms with Gasteiger partial charge in [0, 0.05) is 23.2 Å². The molecule has 0 spiro atoms. The number of carbonyl (C=O) groups is 1. The molecule has 1 fully saturated rings. The van der Waals surface area contributed by atoms with E-state index >= 15 is 0 Å². The minimum Gasteiger partial charge on any atom is -0.493 e. The summed E-state index contributed by atoms with van der Waals surface area (Å²) in [5.74, 6) is 1.02. The number of methoxy groups -OCH3 is 1. The van der Waals surface area contributed by atoms with Crippen molar-refractivity contribution in [1.82, 2.24) is 0 Å². The number of esters is 1. The van der Waals surface area contributed by atoms with Crippen molar-refractivity contribution in [2.75, 3.05) is 26.9 Å². The van der Waals surface area contributed by atoms with Gasteiger partial charge in [0.05, 0.1) is 20.1 Å². The summed E-state index contributed by atoms with van der Waals surface area (Å²) >= 11 is 3.41. The highest BCUT2D eigenvalue weighted by molar-refractivity contribution is 9.10. The second-order valence-electron chi connectivity index (χ2n) is 4.87. The standard InChI is InChI=1S/C15H19BrO4/c1-18-15(17)9-12-8-13(16)2-3-14(12)20-10-11-4-6-19-7-5-11/h2-3,8,11H,4-7,9-10H2,1H3. The Hall–Kier alpha value is -1.07. The Labute approximate surface area is 127 Å². The molecule has 0 radical (unpaired) electrons. The molecule has 20 heavy (non-hydrogen) atoms. The number of hydrogen-bond donors (Lipinski definition) is 0. The average Bonchev–Trinajstić information content (AvgIpc) is 2.47. The lowest BCUT2D eigenvalue weighted by Gasteiger charge is -2.22. The third kappa shape index (κ3) is 4.49. The fraction of sp³-hybridized carbons (Fsp3) is 0.533. The van der Waals surface area contributed by atoms with E-state index < -0.39 is 0 Å². The molecule has 1 aromatic rings. The van der Waals surface area contributed by atoms with Gasteiger partial charge >= 0.3 is 5.97 Å². The molecule has 0 atom stereocenters. The third-order valence-corrected chi connectivity index (χ3v) is 3.89. The topological polar surface area (TPSA) is 44.8 Å². The highest BCUT2D eigenvalue weighted by Crippen LogP contribution is 2.25. The summed E-state index contributed by atoms with van der Waals surface area (Å²) in [6.45, 7) is 2.28. The van der Waals surface area contributed by atoms with Crippen LogP contribution in [0, 0.1) is 5.92 Å². The van der Waals surface area contributed by atoms with Gasteiger partial charge in [0.25, 0.3) is 0 Å². The molecule has 4 nitrogen and oxygen atoms in total. The molecule has 1 aromatic carbocycles. The first-order chi connectivity index (χ1) is 9.69. The Morgan fingerprint density at radius 1 is 1.40 bits per heavy atom. The van der Waals surface area contributed by atoms with Crippen LogP contribution in [0.25, 0.3) is 0 Å². The lowest BCUT2D eigenvalue weighted by molar-refractivity contribution is -0.139. The van der Waals surface area contributed by atoms with Gasteiger partial charge in [-0.2, -0.15) is 0 Å². The van der Waals surface area contributed by atoms with Crippen molar-refractivity contribution in [3.63, 3.8) is 0 Å². The van der Waals surface area contributed by atoms with Crippen molar-refractivity contribution in [2.45, 2.75) is 19.3 Å². The highest BCUT2D eigenvalue weighted by atomic mass is 79.9. The fourth-order valence-corrected chi connectivity index (χ4v) is 2.58. The van der Waals surface area contributed by atoms with E-state index in [2.05, 4.69) is 15.9 Å². The number of rotatable bonds is 5. The van der Waals surface area contributed by atoms with E-state index in [-0.39, 0.29) is 12.4 Å². The third-order valence-electron chi connectivity index (χ3n) is 3.40. The van der Waals surface area contributed by atoms with Crippen LogP contribution in [0.3, 0.4) is 0 Å². The maximum atomic E-state index is 11.4. The van der Waals surface area contributed by atoms with Crippen molar-refractivity contribution in [3.8, 4) is 5.75 Å². The monoisotopic (exact) mass is 342 g/mol. The molecule has 5 heteroatoms. The highest BCUT2D eigenvalue weighted by Gasteiger charge is 2.16. The first-order valence-electron chi connectivity index (χ1n) is 6.75. The summed E-state index contributed by atoms with van der Waals surface area (Å²) in [6, 6.07) is 5.71. The van der Waals surface area contributed by atoms with Crippen LogP contribution in [0.2, 0.25) is 0 Å². The van der Waals surface area contributed by atoms with Crippen molar-refractivity contribution in [3.05, 3.63) is 28.2 Å². The number of halogens is 1. The predicted octanol–water partition coefficient (Wildman–Crippen LogP) is 2.97. The van der Waals surface area contributed by atoms with E-state index in [1.165, 1.54) is 7.11 Å². The second-order valence-corrected chi connectivity index (χ2v) is 5.79. The van der Waals surface area contributed by atoms with Crippen LogP contribution in [0.15, 0.2) is 22.7 Å². The summed E-state index contributed by atoms with van der Waals surface area (Å²) in [4.78, 5) is 11.4. The number of carbonyl (C=O) groups excluding carboxylic acids is 1. The van der Waals surface area contributed by atoms with Crippen LogP contribution in [0.5, 0.6) is 5.75 Å². The van der Waals surface area contributed by atoms with Crippen LogP contribution in [0.1, 0.15) is 18.4 Å². The van der Waals surface area contributed by atoms with Gasteiger partial charge in [0.15, 0.2) is 0 Å². The summed E-state index contributed by atoms with van der Waals surface area (Å²) in [7, 11) is 1.39. The molecule has 2 rings (SSSR count). The number of ether oxygens (including phenoxy) is 3. The van der Waals surface area contributed by atoms with Crippen LogP contribution in [0.4, 0.5) is 0 Å². The Morgan fingerprint density at radius 3 is 2.85 bits per heavy atom. The molecule has 0 saturated carbocycles. The van der Waals surface area contributed by atoms with Gasteiger partial charge in [0.2, 0.25) is 0 Å². The molecule has 1 heterocycles. The summed E-state index contributed by atoms with van der Waals surface area (Å²) < 4.78 is 16.9. The van der Waals surface area contributed by atoms with Crippen molar-refractivity contribution in [1.29, 1.82) is 0 Å². The molecular formula is C15H19BrO4. The van der Waals surface area contributed by atoms with Crippen molar-refractivity contribution < 1.29 is 19.0 Å². The molecule has 0 aliphatic carbocycles. The Morgan fingerprint density at radius 2 is 2.15 bits per heavy atom. The maximum Gasteiger partial charge on any atom is 0.310 e. The smallest absolute Gasteiger partial charge is 0.310 e. The van der Waals surface area contributed by atoms with E-state index in [1.54, 1.807) is 0 Å². The molecule has 1 aliphatic rings. The van der Waals surface area contributed by atoms with Gasteiger partial charge in [-0.05, 0) is 37.0 Å². The average molecular weight is 343 g/mol. The normalized spacial score (nSPS) is 15.9. The molecule has 0 aromatic heterocycles. The zero-order valence-corrected chi connectivity index (χ0v) is 13.1. The van der Waals surface area contributed by atoms with Crippen molar-refractivity contribution >= 4 is 21.9 Å². The first kappa shape index (κ1) is 15.3. The minimum atomic E-state index is -0.265. The minimum absolute atomic E-state index is 0.221. The first-order valence-corrected chi connectivity index (χ1v) is 7.54. The molecule has 0 amide bonds. The molecule has 0 N–H and O–H groups in total. The number of benzene rings is 1. The molecule has 0 unspecified atom stereocenters. The van der Waals surface area contributed by atoms with Gasteiger partial charge in [-0.15, -0.1) is 0 Å². The van der Waals surface area contributed by atoms with Gasteiger partial charge in [-0.3, -0.25) is 4.79 Å². The Balaban J connectivity index is 2.00. The van der Waals surface area contributed by atoms with Crippen LogP contribution in [-0.4, -0.2) is 32.9 Å². The zero-order valence-electron chi connectivity index (χ0n) is 11.6. The van der Waals surface area contributed by atoms with Gasteiger partial charge in [0.1, 0.15) is 5.75 Å². The Bertz CT molecular complexity index is 455. The van der Waals surface area contributed by atoms with E-state index in [4.69, 9.17) is 14.2 Å². The van der Waals surface area contributed by atoms with E-state index in [1.807, 2.05) is 18.2 Å². The summed E-state index contributed by atoms with van der Waals surface area (Å²) in [6.07, 6.45) is 2.28. The quantitative estimate of drug-likeness (QED) is 0.771. The van der Waals surface area contributed by atoms with Gasteiger partial charge < -0.3 is 14.2 Å². The zero-order chi connectivity index (χ0) is 14.4. The SMILES string of the molecule is COC(=O)Cc1cc(Br)ccc1OCC1CCOCC1. The molecule has 1 saturated heterocycles. The second kappa shape index (κ2) is 7.64. The van der Waals surface area contributed by atoms with Crippen molar-refractivity contribution in [2.24, 2.45) is 5.92 Å². The van der Waals surface area contributed by atoms with E-state index in [0.717, 1.165) is 41.8 Å². The summed E-state index contributed by atoms with van der Waals surface area (Å²) in [5, 5.41) is 0. The van der Waals surface area contributed by atoms with Gasteiger partial charge in [-0.25, -0.2) is 0 Å². The fourth-order valence-electron chi connectivity index (χ4n) is 2.18. The lowest BCUT2D eigenvalue weighted by atomic mass is 10.0. The Kier molecular flexibility index (Phi) is 5.86. The largest absolute Gasteiger partial charge is 0.493 e. The maximum absolute atomic E-state index is 11.4. The van der Waals surface area contributed by atoms with E-state index in [9.17, 15) is 4.79 Å². The summed E-state index contributed by atoms with van der Waals surface area (Å²) in [5.41, 5.74) is 0.846. The molecule has 1 aliphatic heterocycles. The molecule has 110 valence electrons. The van der Waals surface area contributed by atoms with Crippen LogP contribution >= 0.6 is 15.9 Å². The van der Waals surface area contributed by atoms with Crippen LogP contribution in [-0.2, 0) is 20.7 Å². The molecule has 0 bridgehead atoms. The van der Waals surface area contributed by atoms with E-state index in [0.29, 0.717) is 12.5 Å². The molecular weight excluding hydrogens is 324 g/mol.